The van der Waals surface area contributed by atoms with E-state index in [1.807, 2.05) is 50.4 Å². The van der Waals surface area contributed by atoms with Gasteiger partial charge in [0, 0.05) is 37.5 Å². The Morgan fingerprint density at radius 3 is 2.65 bits per heavy atom. The summed E-state index contributed by atoms with van der Waals surface area (Å²) in [6, 6.07) is 11.8. The lowest BCUT2D eigenvalue weighted by atomic mass is 10.2. The maximum Gasteiger partial charge on any atom is 0.194 e. The zero-order chi connectivity index (χ0) is 18.9. The van der Waals surface area contributed by atoms with Crippen LogP contribution < -0.4 is 14.8 Å². The van der Waals surface area contributed by atoms with Gasteiger partial charge in [0.05, 0.1) is 26.5 Å². The predicted molar refractivity (Wildman–Crippen MR) is 105 cm³/mol. The molecule has 6 nitrogen and oxygen atoms in total. The van der Waals surface area contributed by atoms with E-state index in [2.05, 4.69) is 22.1 Å². The molecule has 0 bridgehead atoms. The number of nitrogens with one attached hydrogen (secondary N) is 1. The Morgan fingerprint density at radius 1 is 1.19 bits per heavy atom. The normalized spacial score (nSPS) is 11.2. The molecule has 0 unspecified atom stereocenters. The molecule has 0 amide bonds. The molecule has 0 fully saturated rings. The van der Waals surface area contributed by atoms with Crippen molar-refractivity contribution < 1.29 is 9.47 Å². The molecule has 1 aromatic heterocycles. The van der Waals surface area contributed by atoms with Crippen LogP contribution in [0.15, 0.2) is 41.4 Å². The van der Waals surface area contributed by atoms with Crippen LogP contribution >= 0.6 is 0 Å². The van der Waals surface area contributed by atoms with Gasteiger partial charge in [-0.3, -0.25) is 4.98 Å². The molecule has 0 saturated heterocycles. The van der Waals surface area contributed by atoms with Crippen molar-refractivity contribution in [2.45, 2.75) is 26.9 Å². The number of nitrogens with zero attached hydrogens (tertiary/aromatic N) is 3. The number of aryl methyl sites for hydroxylation is 1. The second kappa shape index (κ2) is 9.65. The Kier molecular flexibility index (Phi) is 7.26. The van der Waals surface area contributed by atoms with Crippen molar-refractivity contribution in [2.24, 2.45) is 4.99 Å². The van der Waals surface area contributed by atoms with Crippen LogP contribution in [0.1, 0.15) is 23.9 Å². The van der Waals surface area contributed by atoms with Crippen molar-refractivity contribution in [3.63, 3.8) is 0 Å². The third-order valence-corrected chi connectivity index (χ3v) is 3.94. The highest BCUT2D eigenvalue weighted by Gasteiger charge is 2.11. The molecule has 0 atom stereocenters. The molecule has 0 aliphatic carbocycles. The molecule has 1 aromatic carbocycles. The summed E-state index contributed by atoms with van der Waals surface area (Å²) in [6.45, 7) is 6.04. The molecule has 140 valence electrons. The van der Waals surface area contributed by atoms with E-state index in [1.165, 1.54) is 0 Å². The molecule has 0 spiro atoms. The summed E-state index contributed by atoms with van der Waals surface area (Å²) in [5.74, 6) is 2.40. The third kappa shape index (κ3) is 5.37. The number of hydrogen-bond donors (Lipinski definition) is 1. The Balaban J connectivity index is 2.15. The number of pyridine rings is 1. The lowest BCUT2D eigenvalue weighted by Crippen LogP contribution is -2.38. The van der Waals surface area contributed by atoms with E-state index < -0.39 is 0 Å². The molecule has 6 heteroatoms. The Bertz CT molecular complexity index is 746. The highest BCUT2D eigenvalue weighted by atomic mass is 16.5. The van der Waals surface area contributed by atoms with Crippen molar-refractivity contribution in [3.8, 4) is 11.5 Å². The number of guanidine groups is 1. The van der Waals surface area contributed by atoms with Crippen LogP contribution in [0.5, 0.6) is 11.5 Å². The van der Waals surface area contributed by atoms with Crippen molar-refractivity contribution in [3.05, 3.63) is 53.3 Å². The van der Waals surface area contributed by atoms with Gasteiger partial charge in [-0.1, -0.05) is 6.07 Å². The molecule has 2 rings (SSSR count). The molecule has 26 heavy (non-hydrogen) atoms. The van der Waals surface area contributed by atoms with Gasteiger partial charge in [-0.15, -0.1) is 0 Å². The first-order valence-electron chi connectivity index (χ1n) is 8.70. The maximum atomic E-state index is 5.49. The minimum absolute atomic E-state index is 0.536. The van der Waals surface area contributed by atoms with Crippen molar-refractivity contribution in [1.82, 2.24) is 15.2 Å². The molecule has 0 aliphatic rings. The number of methoxy groups -OCH3 is 2. The zero-order valence-electron chi connectivity index (χ0n) is 16.2. The summed E-state index contributed by atoms with van der Waals surface area (Å²) < 4.78 is 10.8. The average molecular weight is 356 g/mol. The van der Waals surface area contributed by atoms with Gasteiger partial charge >= 0.3 is 0 Å². The van der Waals surface area contributed by atoms with Crippen LogP contribution in [0.2, 0.25) is 0 Å². The number of benzene rings is 1. The Morgan fingerprint density at radius 2 is 2.00 bits per heavy atom. The fourth-order valence-corrected chi connectivity index (χ4v) is 2.63. The first-order chi connectivity index (χ1) is 12.6. The van der Waals surface area contributed by atoms with Crippen molar-refractivity contribution in [2.75, 3.05) is 27.8 Å². The van der Waals surface area contributed by atoms with Crippen LogP contribution in [-0.4, -0.2) is 43.7 Å². The lowest BCUT2D eigenvalue weighted by Gasteiger charge is -2.23. The third-order valence-electron chi connectivity index (χ3n) is 3.94. The molecular formula is C20H28N4O2. The minimum Gasteiger partial charge on any atom is -0.497 e. The van der Waals surface area contributed by atoms with E-state index in [0.29, 0.717) is 13.1 Å². The van der Waals surface area contributed by atoms with Gasteiger partial charge in [-0.2, -0.15) is 0 Å². The number of rotatable bonds is 7. The van der Waals surface area contributed by atoms with Gasteiger partial charge in [0.1, 0.15) is 11.5 Å². The second-order valence-electron chi connectivity index (χ2n) is 5.97. The van der Waals surface area contributed by atoms with Crippen molar-refractivity contribution in [1.29, 1.82) is 0 Å². The zero-order valence-corrected chi connectivity index (χ0v) is 16.2. The summed E-state index contributed by atoms with van der Waals surface area (Å²) in [5, 5.41) is 3.33. The lowest BCUT2D eigenvalue weighted by molar-refractivity contribution is 0.382. The van der Waals surface area contributed by atoms with E-state index in [4.69, 9.17) is 14.5 Å². The monoisotopic (exact) mass is 356 g/mol. The number of hydrogen-bond acceptors (Lipinski definition) is 4. The van der Waals surface area contributed by atoms with Crippen LogP contribution in [0, 0.1) is 6.92 Å². The molecule has 0 aliphatic heterocycles. The second-order valence-corrected chi connectivity index (χ2v) is 5.97. The predicted octanol–water partition coefficient (Wildman–Crippen LogP) is 3.00. The van der Waals surface area contributed by atoms with Crippen molar-refractivity contribution >= 4 is 5.96 Å². The molecule has 1 heterocycles. The van der Waals surface area contributed by atoms with E-state index >= 15 is 0 Å². The number of aromatic nitrogens is 1. The largest absolute Gasteiger partial charge is 0.497 e. The van der Waals surface area contributed by atoms with Gasteiger partial charge in [0.25, 0.3) is 0 Å². The van der Waals surface area contributed by atoms with Gasteiger partial charge < -0.3 is 19.7 Å². The smallest absolute Gasteiger partial charge is 0.194 e. The van der Waals surface area contributed by atoms with E-state index in [9.17, 15) is 0 Å². The van der Waals surface area contributed by atoms with Crippen LogP contribution in [0.3, 0.4) is 0 Å². The molecule has 0 saturated carbocycles. The highest BCUT2D eigenvalue weighted by Crippen LogP contribution is 2.25. The van der Waals surface area contributed by atoms with Crippen LogP contribution in [0.25, 0.3) is 0 Å². The molecule has 0 radical (unpaired) electrons. The average Bonchev–Trinajstić information content (AvgIpc) is 2.65. The van der Waals surface area contributed by atoms with Gasteiger partial charge in [0.15, 0.2) is 5.96 Å². The first-order valence-corrected chi connectivity index (χ1v) is 8.70. The molecular weight excluding hydrogens is 328 g/mol. The summed E-state index contributed by atoms with van der Waals surface area (Å²) in [7, 11) is 5.33. The topological polar surface area (TPSA) is 59.0 Å². The minimum atomic E-state index is 0.536. The maximum absolute atomic E-state index is 5.49. The number of ether oxygens (including phenoxy) is 2. The summed E-state index contributed by atoms with van der Waals surface area (Å²) in [4.78, 5) is 11.3. The summed E-state index contributed by atoms with van der Waals surface area (Å²) >= 11 is 0. The fourth-order valence-electron chi connectivity index (χ4n) is 2.63. The highest BCUT2D eigenvalue weighted by molar-refractivity contribution is 5.79. The summed E-state index contributed by atoms with van der Waals surface area (Å²) in [6.07, 6.45) is 0. The Labute approximate surface area is 155 Å². The molecule has 1 N–H and O–H groups in total. The molecule has 2 aromatic rings. The standard InChI is InChI=1S/C20H28N4O2/c1-6-21-20(22-13-17-9-7-8-15(2)23-17)24(3)14-16-10-11-18(25-4)12-19(16)26-5/h7-12H,6,13-14H2,1-5H3,(H,21,22). The first kappa shape index (κ1) is 19.6. The van der Waals surface area contributed by atoms with Crippen LogP contribution in [0.4, 0.5) is 0 Å². The van der Waals surface area contributed by atoms with Gasteiger partial charge in [-0.25, -0.2) is 4.99 Å². The summed E-state index contributed by atoms with van der Waals surface area (Å²) in [5.41, 5.74) is 3.02. The number of aliphatic imine (C=N–C) groups is 1. The quantitative estimate of drug-likeness (QED) is 0.610. The van der Waals surface area contributed by atoms with Crippen LogP contribution in [-0.2, 0) is 13.1 Å². The van der Waals surface area contributed by atoms with E-state index in [0.717, 1.165) is 41.0 Å². The van der Waals surface area contributed by atoms with E-state index in [-0.39, 0.29) is 0 Å². The van der Waals surface area contributed by atoms with Gasteiger partial charge in [0.2, 0.25) is 0 Å². The SMILES string of the molecule is CCNC(=NCc1cccc(C)n1)N(C)Cc1ccc(OC)cc1OC. The van der Waals surface area contributed by atoms with E-state index in [1.54, 1.807) is 14.2 Å². The Hall–Kier alpha value is -2.76. The van der Waals surface area contributed by atoms with Gasteiger partial charge in [-0.05, 0) is 38.1 Å². The fraction of sp³-hybridized carbons (Fsp3) is 0.400.